The fraction of sp³-hybridized carbons (Fsp3) is 0.0909. The summed E-state index contributed by atoms with van der Waals surface area (Å²) in [5.74, 6) is -0.493. The Hall–Kier alpha value is -3.80. The van der Waals surface area contributed by atoms with Crippen LogP contribution in [-0.4, -0.2) is 20.3 Å². The van der Waals surface area contributed by atoms with Gasteiger partial charge in [0.1, 0.15) is 11.2 Å². The van der Waals surface area contributed by atoms with Crippen molar-refractivity contribution in [2.45, 2.75) is 13.0 Å². The number of benzene rings is 1. The van der Waals surface area contributed by atoms with E-state index in [-0.39, 0.29) is 5.56 Å². The van der Waals surface area contributed by atoms with E-state index in [1.54, 1.807) is 18.5 Å². The summed E-state index contributed by atoms with van der Waals surface area (Å²) in [7, 11) is 0. The molecule has 4 aromatic rings. The number of pyridine rings is 2. The van der Waals surface area contributed by atoms with Crippen LogP contribution in [0.5, 0.6) is 0 Å². The predicted octanol–water partition coefficient (Wildman–Crippen LogP) is 2.92. The molecular formula is C22H18N4O2. The number of hydrogen-bond donors (Lipinski definition) is 1. The zero-order chi connectivity index (χ0) is 19.5. The van der Waals surface area contributed by atoms with Crippen molar-refractivity contribution in [3.63, 3.8) is 0 Å². The van der Waals surface area contributed by atoms with Crippen molar-refractivity contribution in [2.75, 3.05) is 0 Å². The minimum absolute atomic E-state index is 0.0139. The molecule has 0 fully saturated rings. The topological polar surface area (TPSA) is 76.4 Å². The molecule has 138 valence electrons. The summed E-state index contributed by atoms with van der Waals surface area (Å²) >= 11 is 0. The van der Waals surface area contributed by atoms with E-state index in [9.17, 15) is 9.59 Å². The van der Waals surface area contributed by atoms with Crippen molar-refractivity contribution in [1.82, 2.24) is 19.7 Å². The van der Waals surface area contributed by atoms with E-state index in [0.29, 0.717) is 11.3 Å². The predicted molar refractivity (Wildman–Crippen MR) is 106 cm³/mol. The number of nitrogens with zero attached hydrogens (tertiary/aromatic N) is 3. The summed E-state index contributed by atoms with van der Waals surface area (Å²) in [6.07, 6.45) is 4.67. The van der Waals surface area contributed by atoms with E-state index in [1.165, 1.54) is 10.6 Å². The van der Waals surface area contributed by atoms with E-state index < -0.39 is 17.5 Å². The highest BCUT2D eigenvalue weighted by molar-refractivity contribution is 5.94. The second-order valence-corrected chi connectivity index (χ2v) is 6.48. The molecule has 1 aromatic carbocycles. The zero-order valence-corrected chi connectivity index (χ0v) is 15.2. The van der Waals surface area contributed by atoms with Gasteiger partial charge in [-0.15, -0.1) is 0 Å². The van der Waals surface area contributed by atoms with E-state index in [0.717, 1.165) is 11.1 Å². The van der Waals surface area contributed by atoms with Crippen molar-refractivity contribution in [3.8, 4) is 0 Å². The van der Waals surface area contributed by atoms with Crippen LogP contribution >= 0.6 is 0 Å². The summed E-state index contributed by atoms with van der Waals surface area (Å²) in [4.78, 5) is 34.4. The lowest BCUT2D eigenvalue weighted by Crippen LogP contribution is -2.35. The molecule has 0 spiro atoms. The standard InChI is InChI=1S/C22H18N4O2/c1-15-10-11-19-24-13-17(22(28)26(19)14-15)21(27)25-20(16-7-3-2-4-8-16)18-9-5-6-12-23-18/h2-14,20H,1H3,(H,25,27). The van der Waals surface area contributed by atoms with Gasteiger partial charge in [-0.1, -0.05) is 42.5 Å². The molecular weight excluding hydrogens is 352 g/mol. The molecule has 3 heterocycles. The molecule has 6 heteroatoms. The van der Waals surface area contributed by atoms with Crippen LogP contribution in [0.25, 0.3) is 5.65 Å². The van der Waals surface area contributed by atoms with Crippen molar-refractivity contribution in [2.24, 2.45) is 0 Å². The van der Waals surface area contributed by atoms with Crippen molar-refractivity contribution in [3.05, 3.63) is 112 Å². The van der Waals surface area contributed by atoms with E-state index >= 15 is 0 Å². The molecule has 4 rings (SSSR count). The number of fused-ring (bicyclic) bond motifs is 1. The molecule has 0 aliphatic carbocycles. The van der Waals surface area contributed by atoms with E-state index in [4.69, 9.17) is 0 Å². The molecule has 6 nitrogen and oxygen atoms in total. The first-order valence-electron chi connectivity index (χ1n) is 8.88. The van der Waals surface area contributed by atoms with Gasteiger partial charge in [-0.2, -0.15) is 0 Å². The van der Waals surface area contributed by atoms with Gasteiger partial charge in [0, 0.05) is 18.6 Å². The Morgan fingerprint density at radius 1 is 1.00 bits per heavy atom. The SMILES string of the molecule is Cc1ccc2ncc(C(=O)NC(c3ccccc3)c3ccccn3)c(=O)n2c1. The molecule has 0 bridgehead atoms. The van der Waals surface area contributed by atoms with Crippen LogP contribution in [0.3, 0.4) is 0 Å². The fourth-order valence-corrected chi connectivity index (χ4v) is 3.07. The Balaban J connectivity index is 1.74. The minimum Gasteiger partial charge on any atom is -0.339 e. The lowest BCUT2D eigenvalue weighted by atomic mass is 10.0. The number of rotatable bonds is 4. The molecule has 0 saturated heterocycles. The first-order valence-corrected chi connectivity index (χ1v) is 8.88. The maximum absolute atomic E-state index is 13.0. The molecule has 1 N–H and O–H groups in total. The number of aromatic nitrogens is 3. The smallest absolute Gasteiger partial charge is 0.270 e. The number of hydrogen-bond acceptors (Lipinski definition) is 4. The number of carbonyl (C=O) groups is 1. The van der Waals surface area contributed by atoms with Gasteiger partial charge in [0.2, 0.25) is 0 Å². The summed E-state index contributed by atoms with van der Waals surface area (Å²) in [5.41, 5.74) is 2.55. The molecule has 1 atom stereocenters. The van der Waals surface area contributed by atoms with Crippen LogP contribution in [0.4, 0.5) is 0 Å². The molecule has 3 aromatic heterocycles. The van der Waals surface area contributed by atoms with Gasteiger partial charge in [-0.3, -0.25) is 19.0 Å². The van der Waals surface area contributed by atoms with Gasteiger partial charge in [0.05, 0.1) is 11.7 Å². The van der Waals surface area contributed by atoms with E-state index in [1.807, 2.05) is 61.5 Å². The van der Waals surface area contributed by atoms with Gasteiger partial charge in [-0.25, -0.2) is 4.98 Å². The fourth-order valence-electron chi connectivity index (χ4n) is 3.07. The van der Waals surface area contributed by atoms with Gasteiger partial charge in [-0.05, 0) is 36.2 Å². The highest BCUT2D eigenvalue weighted by Gasteiger charge is 2.21. The van der Waals surface area contributed by atoms with Gasteiger partial charge < -0.3 is 5.32 Å². The van der Waals surface area contributed by atoms with Crippen LogP contribution in [0.2, 0.25) is 0 Å². The second-order valence-electron chi connectivity index (χ2n) is 6.48. The van der Waals surface area contributed by atoms with Crippen molar-refractivity contribution < 1.29 is 4.79 Å². The average Bonchev–Trinajstić information content (AvgIpc) is 2.74. The second kappa shape index (κ2) is 7.44. The van der Waals surface area contributed by atoms with Crippen molar-refractivity contribution in [1.29, 1.82) is 0 Å². The molecule has 1 amide bonds. The number of nitrogens with one attached hydrogen (secondary N) is 1. The average molecular weight is 370 g/mol. The lowest BCUT2D eigenvalue weighted by Gasteiger charge is -2.18. The van der Waals surface area contributed by atoms with Gasteiger partial charge >= 0.3 is 0 Å². The third-order valence-electron chi connectivity index (χ3n) is 4.49. The molecule has 0 saturated carbocycles. The molecule has 0 aliphatic rings. The molecule has 0 radical (unpaired) electrons. The molecule has 1 unspecified atom stereocenters. The highest BCUT2D eigenvalue weighted by atomic mass is 16.2. The first-order chi connectivity index (χ1) is 13.6. The monoisotopic (exact) mass is 370 g/mol. The summed E-state index contributed by atoms with van der Waals surface area (Å²) < 4.78 is 1.39. The Bertz CT molecular complexity index is 1150. The van der Waals surface area contributed by atoms with Gasteiger partial charge in [0.25, 0.3) is 11.5 Å². The normalized spacial score (nSPS) is 11.9. The van der Waals surface area contributed by atoms with Crippen LogP contribution < -0.4 is 10.9 Å². The number of carbonyl (C=O) groups excluding carboxylic acids is 1. The first kappa shape index (κ1) is 17.6. The Labute approximate surface area is 161 Å². The Morgan fingerprint density at radius 3 is 2.54 bits per heavy atom. The Morgan fingerprint density at radius 2 is 1.79 bits per heavy atom. The molecule has 28 heavy (non-hydrogen) atoms. The quantitative estimate of drug-likeness (QED) is 0.599. The van der Waals surface area contributed by atoms with Crippen LogP contribution in [0.1, 0.15) is 33.2 Å². The third kappa shape index (κ3) is 3.40. The summed E-state index contributed by atoms with van der Waals surface area (Å²) in [5, 5.41) is 2.93. The summed E-state index contributed by atoms with van der Waals surface area (Å²) in [6, 6.07) is 18.2. The molecule has 0 aliphatic heterocycles. The highest BCUT2D eigenvalue weighted by Crippen LogP contribution is 2.20. The van der Waals surface area contributed by atoms with E-state index in [2.05, 4.69) is 15.3 Å². The maximum Gasteiger partial charge on any atom is 0.270 e. The number of amides is 1. The van der Waals surface area contributed by atoms with Gasteiger partial charge in [0.15, 0.2) is 0 Å². The summed E-state index contributed by atoms with van der Waals surface area (Å²) in [6.45, 7) is 1.88. The van der Waals surface area contributed by atoms with Crippen molar-refractivity contribution >= 4 is 11.6 Å². The van der Waals surface area contributed by atoms with Crippen LogP contribution in [0.15, 0.2) is 84.0 Å². The third-order valence-corrected chi connectivity index (χ3v) is 4.49. The van der Waals surface area contributed by atoms with Crippen LogP contribution in [-0.2, 0) is 0 Å². The Kier molecular flexibility index (Phi) is 4.68. The minimum atomic E-state index is -0.493. The maximum atomic E-state index is 13.0. The zero-order valence-electron chi connectivity index (χ0n) is 15.2. The lowest BCUT2D eigenvalue weighted by molar-refractivity contribution is 0.0940. The largest absolute Gasteiger partial charge is 0.339 e. The van der Waals surface area contributed by atoms with Crippen LogP contribution in [0, 0.1) is 6.92 Å². The number of aryl methyl sites for hydroxylation is 1.